The molecular weight excluding hydrogens is 208 g/mol. The topological polar surface area (TPSA) is 55.8 Å². The number of carboxylic acids is 1. The minimum atomic E-state index is -1.03. The summed E-state index contributed by atoms with van der Waals surface area (Å²) in [5.74, 6) is -0.483. The number of hydrogen-bond donors (Lipinski definition) is 1. The summed E-state index contributed by atoms with van der Waals surface area (Å²) in [6.45, 7) is 2.09. The third-order valence-electron chi connectivity index (χ3n) is 2.20. The van der Waals surface area contributed by atoms with Crippen molar-refractivity contribution < 1.29 is 19.4 Å². The van der Waals surface area contributed by atoms with Crippen molar-refractivity contribution in [1.82, 2.24) is 0 Å². The van der Waals surface area contributed by atoms with E-state index in [1.807, 2.05) is 12.1 Å². The zero-order valence-electron chi connectivity index (χ0n) is 9.47. The van der Waals surface area contributed by atoms with Crippen molar-refractivity contribution in [3.05, 3.63) is 29.8 Å². The van der Waals surface area contributed by atoms with Crippen LogP contribution in [0.3, 0.4) is 0 Å². The van der Waals surface area contributed by atoms with Gasteiger partial charge in [-0.3, -0.25) is 0 Å². The van der Waals surface area contributed by atoms with Gasteiger partial charge in [-0.15, -0.1) is 0 Å². The molecule has 0 amide bonds. The van der Waals surface area contributed by atoms with Crippen LogP contribution in [0.15, 0.2) is 24.3 Å². The number of rotatable bonds is 6. The molecule has 4 heteroatoms. The maximum absolute atomic E-state index is 10.8. The van der Waals surface area contributed by atoms with Gasteiger partial charge in [0, 0.05) is 7.11 Å². The fourth-order valence-corrected chi connectivity index (χ4v) is 1.28. The average Bonchev–Trinajstić information content (AvgIpc) is 2.29. The first-order valence-electron chi connectivity index (χ1n) is 5.14. The van der Waals surface area contributed by atoms with Gasteiger partial charge in [0.1, 0.15) is 5.75 Å². The van der Waals surface area contributed by atoms with Gasteiger partial charge in [-0.05, 0) is 24.1 Å². The Hall–Kier alpha value is -1.55. The predicted molar refractivity (Wildman–Crippen MR) is 59.7 cm³/mol. The minimum absolute atomic E-state index is 0.0326. The van der Waals surface area contributed by atoms with Crippen molar-refractivity contribution in [3.8, 4) is 5.75 Å². The van der Waals surface area contributed by atoms with Crippen LogP contribution in [0.4, 0.5) is 0 Å². The highest BCUT2D eigenvalue weighted by Crippen LogP contribution is 2.14. The molecule has 0 radical (unpaired) electrons. The van der Waals surface area contributed by atoms with Crippen molar-refractivity contribution >= 4 is 5.97 Å². The molecule has 0 saturated carbocycles. The lowest BCUT2D eigenvalue weighted by molar-refractivity contribution is -0.147. The van der Waals surface area contributed by atoms with E-state index in [1.54, 1.807) is 12.1 Å². The van der Waals surface area contributed by atoms with E-state index in [0.717, 1.165) is 6.42 Å². The molecule has 88 valence electrons. The van der Waals surface area contributed by atoms with Crippen LogP contribution >= 0.6 is 0 Å². The van der Waals surface area contributed by atoms with E-state index in [9.17, 15) is 4.79 Å². The fourth-order valence-electron chi connectivity index (χ4n) is 1.28. The standard InChI is InChI=1S/C12H16O4/c1-3-9-4-6-10(7-5-9)16-11(8-15-2)12(13)14/h4-7,11H,3,8H2,1-2H3,(H,13,14). The second kappa shape index (κ2) is 6.12. The summed E-state index contributed by atoms with van der Waals surface area (Å²) in [7, 11) is 1.44. The van der Waals surface area contributed by atoms with Crippen LogP contribution in [0.25, 0.3) is 0 Å². The number of carbonyl (C=O) groups is 1. The fraction of sp³-hybridized carbons (Fsp3) is 0.417. The number of aryl methyl sites for hydroxylation is 1. The summed E-state index contributed by atoms with van der Waals surface area (Å²) in [5, 5.41) is 8.86. The third kappa shape index (κ3) is 3.55. The Morgan fingerprint density at radius 2 is 2.00 bits per heavy atom. The Labute approximate surface area is 94.8 Å². The molecule has 0 aliphatic heterocycles. The van der Waals surface area contributed by atoms with Crippen LogP contribution in [0.5, 0.6) is 5.75 Å². The van der Waals surface area contributed by atoms with Crippen LogP contribution < -0.4 is 4.74 Å². The number of hydrogen-bond acceptors (Lipinski definition) is 3. The van der Waals surface area contributed by atoms with Gasteiger partial charge in [0.25, 0.3) is 0 Å². The summed E-state index contributed by atoms with van der Waals surface area (Å²) in [6.07, 6.45) is -0.0155. The molecule has 0 spiro atoms. The second-order valence-electron chi connectivity index (χ2n) is 3.40. The summed E-state index contributed by atoms with van der Waals surface area (Å²) in [6, 6.07) is 7.37. The van der Waals surface area contributed by atoms with Crippen molar-refractivity contribution in [3.63, 3.8) is 0 Å². The van der Waals surface area contributed by atoms with Gasteiger partial charge >= 0.3 is 5.97 Å². The first-order chi connectivity index (χ1) is 7.67. The molecule has 1 aromatic rings. The van der Waals surface area contributed by atoms with Crippen molar-refractivity contribution in [2.24, 2.45) is 0 Å². The van der Waals surface area contributed by atoms with Gasteiger partial charge in [-0.25, -0.2) is 4.79 Å². The molecule has 0 aromatic heterocycles. The Kier molecular flexibility index (Phi) is 4.79. The molecule has 4 nitrogen and oxygen atoms in total. The van der Waals surface area contributed by atoms with Crippen LogP contribution in [-0.2, 0) is 16.0 Å². The molecule has 0 fully saturated rings. The van der Waals surface area contributed by atoms with Gasteiger partial charge in [-0.2, -0.15) is 0 Å². The molecule has 0 aliphatic carbocycles. The van der Waals surface area contributed by atoms with Crippen molar-refractivity contribution in [2.45, 2.75) is 19.4 Å². The number of ether oxygens (including phenoxy) is 2. The molecule has 16 heavy (non-hydrogen) atoms. The molecule has 0 heterocycles. The monoisotopic (exact) mass is 224 g/mol. The molecule has 1 aromatic carbocycles. The molecular formula is C12H16O4. The third-order valence-corrected chi connectivity index (χ3v) is 2.20. The lowest BCUT2D eigenvalue weighted by Gasteiger charge is -2.14. The maximum atomic E-state index is 10.8. The van der Waals surface area contributed by atoms with Crippen molar-refractivity contribution in [2.75, 3.05) is 13.7 Å². The van der Waals surface area contributed by atoms with Gasteiger partial charge in [0.2, 0.25) is 6.10 Å². The largest absolute Gasteiger partial charge is 0.478 e. The summed E-state index contributed by atoms with van der Waals surface area (Å²) < 4.78 is 10.1. The first-order valence-corrected chi connectivity index (χ1v) is 5.14. The van der Waals surface area contributed by atoms with E-state index in [4.69, 9.17) is 14.6 Å². The highest BCUT2D eigenvalue weighted by molar-refractivity contribution is 5.72. The number of aliphatic carboxylic acids is 1. The SMILES string of the molecule is CCc1ccc(OC(COC)C(=O)O)cc1. The molecule has 1 N–H and O–H groups in total. The maximum Gasteiger partial charge on any atom is 0.347 e. The molecule has 1 atom stereocenters. The van der Waals surface area contributed by atoms with Crippen LogP contribution in [0.2, 0.25) is 0 Å². The molecule has 0 bridgehead atoms. The lowest BCUT2D eigenvalue weighted by Crippen LogP contribution is -2.31. The Bertz CT molecular complexity index is 331. The minimum Gasteiger partial charge on any atom is -0.478 e. The quantitative estimate of drug-likeness (QED) is 0.799. The van der Waals surface area contributed by atoms with Gasteiger partial charge in [0.05, 0.1) is 6.61 Å². The van der Waals surface area contributed by atoms with Gasteiger partial charge < -0.3 is 14.6 Å². The molecule has 1 unspecified atom stereocenters. The molecule has 0 aliphatic rings. The zero-order chi connectivity index (χ0) is 12.0. The summed E-state index contributed by atoms with van der Waals surface area (Å²) in [4.78, 5) is 10.8. The smallest absolute Gasteiger partial charge is 0.347 e. The lowest BCUT2D eigenvalue weighted by atomic mass is 10.2. The van der Waals surface area contributed by atoms with E-state index in [2.05, 4.69) is 6.92 Å². The number of benzene rings is 1. The highest BCUT2D eigenvalue weighted by atomic mass is 16.5. The van der Waals surface area contributed by atoms with E-state index in [-0.39, 0.29) is 6.61 Å². The Morgan fingerprint density at radius 3 is 2.44 bits per heavy atom. The Balaban J connectivity index is 2.65. The molecule has 0 saturated heterocycles. The first kappa shape index (κ1) is 12.5. The average molecular weight is 224 g/mol. The van der Waals surface area contributed by atoms with E-state index >= 15 is 0 Å². The van der Waals surface area contributed by atoms with E-state index in [0.29, 0.717) is 5.75 Å². The molecule has 1 rings (SSSR count). The number of methoxy groups -OCH3 is 1. The predicted octanol–water partition coefficient (Wildman–Crippen LogP) is 1.73. The second-order valence-corrected chi connectivity index (χ2v) is 3.40. The van der Waals surface area contributed by atoms with Gasteiger partial charge in [-0.1, -0.05) is 19.1 Å². The normalized spacial score (nSPS) is 12.1. The van der Waals surface area contributed by atoms with Crippen LogP contribution in [-0.4, -0.2) is 30.9 Å². The van der Waals surface area contributed by atoms with Crippen LogP contribution in [0, 0.1) is 0 Å². The summed E-state index contributed by atoms with van der Waals surface area (Å²) >= 11 is 0. The van der Waals surface area contributed by atoms with Crippen molar-refractivity contribution in [1.29, 1.82) is 0 Å². The summed E-state index contributed by atoms with van der Waals surface area (Å²) in [5.41, 5.74) is 1.19. The zero-order valence-corrected chi connectivity index (χ0v) is 9.47. The van der Waals surface area contributed by atoms with E-state index in [1.165, 1.54) is 12.7 Å². The van der Waals surface area contributed by atoms with Gasteiger partial charge in [0.15, 0.2) is 0 Å². The number of carboxylic acid groups (broad SMARTS) is 1. The van der Waals surface area contributed by atoms with E-state index < -0.39 is 12.1 Å². The van der Waals surface area contributed by atoms with Crippen LogP contribution in [0.1, 0.15) is 12.5 Å². The Morgan fingerprint density at radius 1 is 1.38 bits per heavy atom. The highest BCUT2D eigenvalue weighted by Gasteiger charge is 2.18.